The average molecular weight is 594 g/mol. The maximum atomic E-state index is 13.6. The first kappa shape index (κ1) is 32.5. The Morgan fingerprint density at radius 1 is 0.727 bits per heavy atom. The van der Waals surface area contributed by atoms with E-state index in [1.54, 1.807) is 25.3 Å². The van der Waals surface area contributed by atoms with Gasteiger partial charge in [0.25, 0.3) is 11.8 Å². The van der Waals surface area contributed by atoms with E-state index in [2.05, 4.69) is 16.0 Å². The lowest BCUT2D eigenvalue weighted by Gasteiger charge is -2.26. The summed E-state index contributed by atoms with van der Waals surface area (Å²) in [7, 11) is 1.63. The summed E-state index contributed by atoms with van der Waals surface area (Å²) in [4.78, 5) is 26.8. The van der Waals surface area contributed by atoms with Crippen LogP contribution in [0.5, 0.6) is 5.75 Å². The molecule has 7 nitrogen and oxygen atoms in total. The molecule has 0 saturated heterocycles. The molecule has 0 aliphatic rings. The van der Waals surface area contributed by atoms with E-state index in [1.807, 2.05) is 107 Å². The lowest BCUT2D eigenvalue weighted by atomic mass is 9.99. The van der Waals surface area contributed by atoms with Gasteiger partial charge in [0.15, 0.2) is 0 Å². The second kappa shape index (κ2) is 15.3. The van der Waals surface area contributed by atoms with Crippen molar-refractivity contribution in [3.05, 3.63) is 136 Å². The Balaban J connectivity index is 1.47. The molecule has 44 heavy (non-hydrogen) atoms. The van der Waals surface area contributed by atoms with E-state index in [0.29, 0.717) is 17.5 Å². The van der Waals surface area contributed by atoms with Gasteiger partial charge in [-0.3, -0.25) is 9.59 Å². The highest BCUT2D eigenvalue weighted by Gasteiger charge is 2.24. The Labute approximate surface area is 260 Å². The SMILES string of the molecule is COc1cccc([C@@H](C)NC[C@@H](O)[C@H](Cc2ccccc2)NC(=O)c2cc(C)cc(C(=O)N[C@H](C)c3ccc(C)cc3)c2)c1. The van der Waals surface area contributed by atoms with E-state index in [9.17, 15) is 14.7 Å². The highest BCUT2D eigenvalue weighted by atomic mass is 16.5. The van der Waals surface area contributed by atoms with Crippen LogP contribution in [0.1, 0.15) is 74.5 Å². The van der Waals surface area contributed by atoms with Gasteiger partial charge in [0, 0.05) is 23.7 Å². The molecular weight excluding hydrogens is 550 g/mol. The minimum Gasteiger partial charge on any atom is -0.497 e. The normalized spacial score (nSPS) is 13.8. The van der Waals surface area contributed by atoms with Gasteiger partial charge in [-0.25, -0.2) is 0 Å². The number of aliphatic hydroxyl groups excluding tert-OH is 1. The van der Waals surface area contributed by atoms with Crippen LogP contribution in [0.25, 0.3) is 0 Å². The Bertz CT molecular complexity index is 1540. The van der Waals surface area contributed by atoms with Crippen LogP contribution in [-0.4, -0.2) is 42.7 Å². The number of methoxy groups -OCH3 is 1. The van der Waals surface area contributed by atoms with Gasteiger partial charge in [0.2, 0.25) is 0 Å². The molecule has 230 valence electrons. The number of amides is 2. The molecule has 7 heteroatoms. The van der Waals surface area contributed by atoms with Crippen molar-refractivity contribution in [1.29, 1.82) is 0 Å². The number of carbonyl (C=O) groups excluding carboxylic acids is 2. The zero-order valence-corrected chi connectivity index (χ0v) is 26.1. The minimum atomic E-state index is -0.879. The van der Waals surface area contributed by atoms with Gasteiger partial charge < -0.3 is 25.8 Å². The summed E-state index contributed by atoms with van der Waals surface area (Å²) in [6.07, 6.45) is -0.439. The molecule has 4 N–H and O–H groups in total. The third-order valence-electron chi connectivity index (χ3n) is 7.83. The molecule has 0 fully saturated rings. The third-order valence-corrected chi connectivity index (χ3v) is 7.83. The number of carbonyl (C=O) groups is 2. The Morgan fingerprint density at radius 3 is 2.05 bits per heavy atom. The van der Waals surface area contributed by atoms with Crippen LogP contribution in [0.2, 0.25) is 0 Å². The molecule has 0 aliphatic heterocycles. The lowest BCUT2D eigenvalue weighted by Crippen LogP contribution is -2.49. The summed E-state index contributed by atoms with van der Waals surface area (Å²) in [5, 5.41) is 20.8. The summed E-state index contributed by atoms with van der Waals surface area (Å²) in [5.41, 5.74) is 5.74. The number of benzene rings is 4. The number of hydrogen-bond acceptors (Lipinski definition) is 5. The van der Waals surface area contributed by atoms with Crippen LogP contribution in [0.15, 0.2) is 97.1 Å². The molecule has 4 aromatic carbocycles. The van der Waals surface area contributed by atoms with Gasteiger partial charge in [-0.1, -0.05) is 72.3 Å². The smallest absolute Gasteiger partial charge is 0.251 e. The summed E-state index contributed by atoms with van der Waals surface area (Å²) >= 11 is 0. The predicted octanol–water partition coefficient (Wildman–Crippen LogP) is 5.86. The number of aryl methyl sites for hydroxylation is 2. The fraction of sp³-hybridized carbons (Fsp3) is 0.297. The topological polar surface area (TPSA) is 99.7 Å². The second-order valence-corrected chi connectivity index (χ2v) is 11.4. The van der Waals surface area contributed by atoms with E-state index in [0.717, 1.165) is 33.6 Å². The fourth-order valence-corrected chi connectivity index (χ4v) is 5.14. The zero-order valence-electron chi connectivity index (χ0n) is 26.1. The van der Waals surface area contributed by atoms with E-state index in [4.69, 9.17) is 4.74 Å². The highest BCUT2D eigenvalue weighted by molar-refractivity contribution is 6.00. The summed E-state index contributed by atoms with van der Waals surface area (Å²) in [6, 6.07) is 29.9. The van der Waals surface area contributed by atoms with Gasteiger partial charge in [0.1, 0.15) is 5.75 Å². The molecule has 0 radical (unpaired) electrons. The summed E-state index contributed by atoms with van der Waals surface area (Å²) < 4.78 is 5.35. The first-order valence-corrected chi connectivity index (χ1v) is 15.0. The van der Waals surface area contributed by atoms with Crippen LogP contribution in [-0.2, 0) is 6.42 Å². The maximum absolute atomic E-state index is 13.6. The molecule has 0 heterocycles. The van der Waals surface area contributed by atoms with Crippen molar-refractivity contribution >= 4 is 11.8 Å². The molecule has 0 aliphatic carbocycles. The molecule has 0 bridgehead atoms. The van der Waals surface area contributed by atoms with Crippen molar-refractivity contribution in [2.45, 2.75) is 58.3 Å². The summed E-state index contributed by atoms with van der Waals surface area (Å²) in [5.74, 6) is 0.157. The lowest BCUT2D eigenvalue weighted by molar-refractivity contribution is 0.0825. The molecular formula is C37H43N3O4. The van der Waals surface area contributed by atoms with Gasteiger partial charge >= 0.3 is 0 Å². The average Bonchev–Trinajstić information content (AvgIpc) is 3.03. The molecule has 0 saturated carbocycles. The Kier molecular flexibility index (Phi) is 11.3. The first-order chi connectivity index (χ1) is 21.1. The van der Waals surface area contributed by atoms with Crippen LogP contribution >= 0.6 is 0 Å². The van der Waals surface area contributed by atoms with E-state index in [1.165, 1.54) is 0 Å². The van der Waals surface area contributed by atoms with E-state index >= 15 is 0 Å². The number of rotatable bonds is 13. The second-order valence-electron chi connectivity index (χ2n) is 11.4. The Hall–Kier alpha value is -4.46. The van der Waals surface area contributed by atoms with E-state index in [-0.39, 0.29) is 30.4 Å². The Morgan fingerprint density at radius 2 is 1.39 bits per heavy atom. The van der Waals surface area contributed by atoms with Crippen molar-refractivity contribution in [3.8, 4) is 5.75 Å². The van der Waals surface area contributed by atoms with Crippen LogP contribution in [0, 0.1) is 13.8 Å². The predicted molar refractivity (Wildman–Crippen MR) is 175 cm³/mol. The molecule has 0 unspecified atom stereocenters. The maximum Gasteiger partial charge on any atom is 0.251 e. The van der Waals surface area contributed by atoms with E-state index < -0.39 is 12.1 Å². The molecule has 4 aromatic rings. The number of hydrogen-bond donors (Lipinski definition) is 4. The quantitative estimate of drug-likeness (QED) is 0.156. The van der Waals surface area contributed by atoms with Crippen LogP contribution in [0.3, 0.4) is 0 Å². The highest BCUT2D eigenvalue weighted by Crippen LogP contribution is 2.20. The van der Waals surface area contributed by atoms with Crippen LogP contribution in [0.4, 0.5) is 0 Å². The minimum absolute atomic E-state index is 0.0482. The number of ether oxygens (including phenoxy) is 1. The molecule has 2 amide bonds. The molecule has 0 aromatic heterocycles. The third kappa shape index (κ3) is 9.02. The standard InChI is InChI=1S/C37H43N3O4/c1-24-14-16-29(17-15-24)27(4)39-36(42)31-18-25(2)19-32(21-31)37(43)40-34(20-28-10-7-6-8-11-28)35(41)23-38-26(3)30-12-9-13-33(22-30)44-5/h6-19,21-22,26-27,34-35,38,41H,20,23H2,1-5H3,(H,39,42)(H,40,43)/t26-,27-,34+,35-/m1/s1. The van der Waals surface area contributed by atoms with Crippen molar-refractivity contribution < 1.29 is 19.4 Å². The van der Waals surface area contributed by atoms with Crippen molar-refractivity contribution in [2.75, 3.05) is 13.7 Å². The van der Waals surface area contributed by atoms with Crippen molar-refractivity contribution in [3.63, 3.8) is 0 Å². The fourth-order valence-electron chi connectivity index (χ4n) is 5.14. The monoisotopic (exact) mass is 593 g/mol. The van der Waals surface area contributed by atoms with Gasteiger partial charge in [0.05, 0.1) is 25.3 Å². The van der Waals surface area contributed by atoms with Gasteiger partial charge in [-0.05, 0) is 86.7 Å². The molecule has 0 spiro atoms. The molecule has 4 atom stereocenters. The van der Waals surface area contributed by atoms with Gasteiger partial charge in [-0.2, -0.15) is 0 Å². The van der Waals surface area contributed by atoms with Gasteiger partial charge in [-0.15, -0.1) is 0 Å². The van der Waals surface area contributed by atoms with Crippen LogP contribution < -0.4 is 20.7 Å². The first-order valence-electron chi connectivity index (χ1n) is 15.0. The zero-order chi connectivity index (χ0) is 31.6. The summed E-state index contributed by atoms with van der Waals surface area (Å²) in [6.45, 7) is 8.09. The number of nitrogens with one attached hydrogen (secondary N) is 3. The molecule has 4 rings (SSSR count). The number of aliphatic hydroxyl groups is 1. The van der Waals surface area contributed by atoms with Crippen molar-refractivity contribution in [2.24, 2.45) is 0 Å². The van der Waals surface area contributed by atoms with Crippen molar-refractivity contribution in [1.82, 2.24) is 16.0 Å². The largest absolute Gasteiger partial charge is 0.497 e.